The Labute approximate surface area is 149 Å². The Morgan fingerprint density at radius 3 is 2.60 bits per heavy atom. The van der Waals surface area contributed by atoms with E-state index < -0.39 is 5.97 Å². The third-order valence-corrected chi connectivity index (χ3v) is 5.39. The molecule has 0 bridgehead atoms. The lowest BCUT2D eigenvalue weighted by atomic mass is 10.1. The van der Waals surface area contributed by atoms with E-state index in [1.165, 1.54) is 23.5 Å². The van der Waals surface area contributed by atoms with Crippen LogP contribution in [0.3, 0.4) is 0 Å². The molecule has 2 N–H and O–H groups in total. The Bertz CT molecular complexity index is 897. The third kappa shape index (κ3) is 3.65. The van der Waals surface area contributed by atoms with Gasteiger partial charge >= 0.3 is 5.97 Å². The number of nitrogens with one attached hydrogen (secondary N) is 1. The second kappa shape index (κ2) is 7.21. The number of aryl methyl sites for hydroxylation is 1. The standard InChI is InChI=1S/C19H19FN2O2S/c1-12-13(2)25-18(17(12)19(23)24)22-9-3-4-16(22)11-21-10-14-5-7-15(20)8-6-14/h3-9,21H,10-11H2,1-2H3,(H,23,24). The average Bonchev–Trinajstić information content (AvgIpc) is 3.14. The van der Waals surface area contributed by atoms with E-state index >= 15 is 0 Å². The van der Waals surface area contributed by atoms with E-state index in [1.807, 2.05) is 36.7 Å². The van der Waals surface area contributed by atoms with E-state index in [9.17, 15) is 14.3 Å². The highest BCUT2D eigenvalue weighted by molar-refractivity contribution is 7.15. The van der Waals surface area contributed by atoms with Crippen LogP contribution in [0.1, 0.15) is 32.1 Å². The van der Waals surface area contributed by atoms with E-state index in [2.05, 4.69) is 5.32 Å². The van der Waals surface area contributed by atoms with Gasteiger partial charge in [-0.15, -0.1) is 11.3 Å². The number of hydrogen-bond acceptors (Lipinski definition) is 3. The van der Waals surface area contributed by atoms with Gasteiger partial charge in [0.05, 0.1) is 5.56 Å². The summed E-state index contributed by atoms with van der Waals surface area (Å²) in [6, 6.07) is 10.2. The topological polar surface area (TPSA) is 54.3 Å². The van der Waals surface area contributed by atoms with Crippen molar-refractivity contribution in [3.63, 3.8) is 0 Å². The van der Waals surface area contributed by atoms with Crippen LogP contribution < -0.4 is 5.32 Å². The number of rotatable bonds is 6. The SMILES string of the molecule is Cc1sc(-n2cccc2CNCc2ccc(F)cc2)c(C(=O)O)c1C. The fraction of sp³-hybridized carbons (Fsp3) is 0.211. The summed E-state index contributed by atoms with van der Waals surface area (Å²) in [7, 11) is 0. The molecule has 0 saturated carbocycles. The molecule has 0 radical (unpaired) electrons. The van der Waals surface area contributed by atoms with Crippen LogP contribution in [0.4, 0.5) is 4.39 Å². The van der Waals surface area contributed by atoms with Gasteiger partial charge in [-0.2, -0.15) is 0 Å². The summed E-state index contributed by atoms with van der Waals surface area (Å²) in [5.41, 5.74) is 3.14. The molecule has 130 valence electrons. The minimum atomic E-state index is -0.907. The second-order valence-corrected chi connectivity index (χ2v) is 7.07. The first kappa shape index (κ1) is 17.4. The van der Waals surface area contributed by atoms with Crippen molar-refractivity contribution in [3.05, 3.63) is 75.7 Å². The highest BCUT2D eigenvalue weighted by atomic mass is 32.1. The Morgan fingerprint density at radius 1 is 1.20 bits per heavy atom. The van der Waals surface area contributed by atoms with Crippen molar-refractivity contribution < 1.29 is 14.3 Å². The van der Waals surface area contributed by atoms with Crippen molar-refractivity contribution >= 4 is 17.3 Å². The van der Waals surface area contributed by atoms with Crippen molar-refractivity contribution in [2.75, 3.05) is 0 Å². The first-order chi connectivity index (χ1) is 12.0. The first-order valence-corrected chi connectivity index (χ1v) is 8.74. The number of carboxylic acid groups (broad SMARTS) is 1. The third-order valence-electron chi connectivity index (χ3n) is 4.18. The number of carbonyl (C=O) groups is 1. The van der Waals surface area contributed by atoms with Crippen LogP contribution in [0.5, 0.6) is 0 Å². The minimum absolute atomic E-state index is 0.248. The van der Waals surface area contributed by atoms with E-state index in [-0.39, 0.29) is 5.82 Å². The number of thiophene rings is 1. The van der Waals surface area contributed by atoms with Crippen LogP contribution in [0.15, 0.2) is 42.6 Å². The zero-order chi connectivity index (χ0) is 18.0. The molecule has 0 unspecified atom stereocenters. The quantitative estimate of drug-likeness (QED) is 0.691. The van der Waals surface area contributed by atoms with Crippen LogP contribution in [0, 0.1) is 19.7 Å². The molecule has 2 aromatic heterocycles. The molecule has 25 heavy (non-hydrogen) atoms. The van der Waals surface area contributed by atoms with Crippen LogP contribution in [-0.4, -0.2) is 15.6 Å². The van der Waals surface area contributed by atoms with Crippen LogP contribution in [0.25, 0.3) is 5.00 Å². The molecule has 3 rings (SSSR count). The lowest BCUT2D eigenvalue weighted by molar-refractivity contribution is 0.0696. The summed E-state index contributed by atoms with van der Waals surface area (Å²) in [5.74, 6) is -1.15. The minimum Gasteiger partial charge on any atom is -0.478 e. The second-order valence-electron chi connectivity index (χ2n) is 5.87. The van der Waals surface area contributed by atoms with Gasteiger partial charge in [-0.25, -0.2) is 9.18 Å². The predicted molar refractivity (Wildman–Crippen MR) is 97.0 cm³/mol. The zero-order valence-electron chi connectivity index (χ0n) is 14.0. The summed E-state index contributed by atoms with van der Waals surface area (Å²) >= 11 is 1.49. The number of aromatic carboxylic acids is 1. The Morgan fingerprint density at radius 2 is 1.92 bits per heavy atom. The van der Waals surface area contributed by atoms with Gasteiger partial charge in [0.1, 0.15) is 10.8 Å². The van der Waals surface area contributed by atoms with Crippen LogP contribution >= 0.6 is 11.3 Å². The molecule has 2 heterocycles. The van der Waals surface area contributed by atoms with Gasteiger partial charge in [-0.1, -0.05) is 12.1 Å². The highest BCUT2D eigenvalue weighted by Crippen LogP contribution is 2.32. The summed E-state index contributed by atoms with van der Waals surface area (Å²) in [6.07, 6.45) is 1.88. The predicted octanol–water partition coefficient (Wildman–Crippen LogP) is 4.28. The number of carboxylic acids is 1. The molecule has 6 heteroatoms. The molecular weight excluding hydrogens is 339 g/mol. The van der Waals surface area contributed by atoms with Crippen molar-refractivity contribution in [2.24, 2.45) is 0 Å². The maximum absolute atomic E-state index is 12.9. The Balaban J connectivity index is 1.78. The molecule has 0 fully saturated rings. The van der Waals surface area contributed by atoms with Crippen LogP contribution in [-0.2, 0) is 13.1 Å². The average molecular weight is 358 g/mol. The highest BCUT2D eigenvalue weighted by Gasteiger charge is 2.21. The molecule has 0 saturated heterocycles. The number of halogens is 1. The fourth-order valence-corrected chi connectivity index (χ4v) is 3.89. The maximum Gasteiger partial charge on any atom is 0.339 e. The number of hydrogen-bond donors (Lipinski definition) is 2. The molecule has 0 aliphatic heterocycles. The maximum atomic E-state index is 12.9. The van der Waals surface area contributed by atoms with E-state index in [0.717, 1.165) is 26.7 Å². The Kier molecular flexibility index (Phi) is 5.01. The molecule has 0 aliphatic carbocycles. The van der Waals surface area contributed by atoms with Gasteiger partial charge < -0.3 is 15.0 Å². The van der Waals surface area contributed by atoms with Gasteiger partial charge in [0.2, 0.25) is 0 Å². The summed E-state index contributed by atoms with van der Waals surface area (Å²) in [5, 5.41) is 13.6. The fourth-order valence-electron chi connectivity index (χ4n) is 2.73. The van der Waals surface area contributed by atoms with Gasteiger partial charge in [0.25, 0.3) is 0 Å². The van der Waals surface area contributed by atoms with Crippen LogP contribution in [0.2, 0.25) is 0 Å². The van der Waals surface area contributed by atoms with Gasteiger partial charge in [-0.3, -0.25) is 0 Å². The Hall–Kier alpha value is -2.44. The van der Waals surface area contributed by atoms with Crippen molar-refractivity contribution in [1.29, 1.82) is 0 Å². The molecule has 0 atom stereocenters. The molecule has 3 aromatic rings. The largest absolute Gasteiger partial charge is 0.478 e. The monoisotopic (exact) mass is 358 g/mol. The van der Waals surface area contributed by atoms with E-state index in [0.29, 0.717) is 18.7 Å². The van der Waals surface area contributed by atoms with Gasteiger partial charge in [0.15, 0.2) is 0 Å². The van der Waals surface area contributed by atoms with E-state index in [4.69, 9.17) is 0 Å². The molecule has 1 aromatic carbocycles. The molecule has 0 amide bonds. The van der Waals surface area contributed by atoms with Gasteiger partial charge in [-0.05, 0) is 49.2 Å². The van der Waals surface area contributed by atoms with Crippen molar-refractivity contribution in [2.45, 2.75) is 26.9 Å². The number of benzene rings is 1. The molecule has 4 nitrogen and oxygen atoms in total. The molecule has 0 aliphatic rings. The molecular formula is C19H19FN2O2S. The summed E-state index contributed by atoms with van der Waals surface area (Å²) in [4.78, 5) is 12.6. The lowest BCUT2D eigenvalue weighted by Gasteiger charge is -2.10. The molecule has 0 spiro atoms. The lowest BCUT2D eigenvalue weighted by Crippen LogP contribution is -2.15. The first-order valence-electron chi connectivity index (χ1n) is 7.92. The summed E-state index contributed by atoms with van der Waals surface area (Å²) in [6.45, 7) is 4.97. The smallest absolute Gasteiger partial charge is 0.339 e. The number of aromatic nitrogens is 1. The van der Waals surface area contributed by atoms with Crippen molar-refractivity contribution in [3.8, 4) is 5.00 Å². The number of nitrogens with zero attached hydrogens (tertiary/aromatic N) is 1. The normalized spacial score (nSPS) is 11.0. The van der Waals surface area contributed by atoms with Crippen molar-refractivity contribution in [1.82, 2.24) is 9.88 Å². The zero-order valence-corrected chi connectivity index (χ0v) is 14.9. The van der Waals surface area contributed by atoms with E-state index in [1.54, 1.807) is 12.1 Å². The summed E-state index contributed by atoms with van der Waals surface area (Å²) < 4.78 is 14.9. The van der Waals surface area contributed by atoms with Gasteiger partial charge in [0, 0.05) is 29.9 Å².